The SMILES string of the molecule is CCNc1cc(C(F)(F)F)cc(NCCCCN(C)C)n1. The van der Waals surface area contributed by atoms with E-state index in [1.54, 1.807) is 0 Å². The summed E-state index contributed by atoms with van der Waals surface area (Å²) in [7, 11) is 3.98. The van der Waals surface area contributed by atoms with Crippen LogP contribution in [0.15, 0.2) is 12.1 Å². The van der Waals surface area contributed by atoms with Crippen LogP contribution < -0.4 is 10.6 Å². The highest BCUT2D eigenvalue weighted by molar-refractivity contribution is 5.49. The van der Waals surface area contributed by atoms with Gasteiger partial charge in [-0.2, -0.15) is 13.2 Å². The average molecular weight is 304 g/mol. The summed E-state index contributed by atoms with van der Waals surface area (Å²) in [5.41, 5.74) is -0.691. The Morgan fingerprint density at radius 2 is 1.71 bits per heavy atom. The van der Waals surface area contributed by atoms with Gasteiger partial charge >= 0.3 is 6.18 Å². The van der Waals surface area contributed by atoms with Crippen LogP contribution in [-0.4, -0.2) is 43.6 Å². The third-order valence-electron chi connectivity index (χ3n) is 2.85. The van der Waals surface area contributed by atoms with E-state index < -0.39 is 11.7 Å². The van der Waals surface area contributed by atoms with Crippen molar-refractivity contribution in [3.8, 4) is 0 Å². The van der Waals surface area contributed by atoms with Gasteiger partial charge in [0.2, 0.25) is 0 Å². The molecule has 4 nitrogen and oxygen atoms in total. The van der Waals surface area contributed by atoms with Gasteiger partial charge in [0.1, 0.15) is 11.6 Å². The summed E-state index contributed by atoms with van der Waals surface area (Å²) < 4.78 is 38.5. The molecule has 0 aromatic carbocycles. The topological polar surface area (TPSA) is 40.2 Å². The second-order valence-corrected chi connectivity index (χ2v) is 5.09. The average Bonchev–Trinajstić information content (AvgIpc) is 2.37. The maximum absolute atomic E-state index is 12.8. The van der Waals surface area contributed by atoms with Crippen LogP contribution in [0.25, 0.3) is 0 Å². The van der Waals surface area contributed by atoms with Gasteiger partial charge < -0.3 is 15.5 Å². The van der Waals surface area contributed by atoms with Gasteiger partial charge in [0.15, 0.2) is 0 Å². The lowest BCUT2D eigenvalue weighted by Gasteiger charge is -2.13. The van der Waals surface area contributed by atoms with E-state index in [4.69, 9.17) is 0 Å². The van der Waals surface area contributed by atoms with Crippen LogP contribution in [-0.2, 0) is 6.18 Å². The quantitative estimate of drug-likeness (QED) is 0.723. The van der Waals surface area contributed by atoms with E-state index in [1.807, 2.05) is 21.0 Å². The zero-order valence-corrected chi connectivity index (χ0v) is 12.7. The maximum atomic E-state index is 12.8. The lowest BCUT2D eigenvalue weighted by Crippen LogP contribution is -2.15. The van der Waals surface area contributed by atoms with Crippen molar-refractivity contribution in [3.05, 3.63) is 17.7 Å². The molecule has 0 unspecified atom stereocenters. The Labute approximate surface area is 123 Å². The Bertz CT molecular complexity index is 433. The molecule has 0 fully saturated rings. The minimum absolute atomic E-state index is 0.239. The van der Waals surface area contributed by atoms with Crippen LogP contribution in [0.3, 0.4) is 0 Å². The van der Waals surface area contributed by atoms with Crippen molar-refractivity contribution < 1.29 is 13.2 Å². The summed E-state index contributed by atoms with van der Waals surface area (Å²) in [5, 5.41) is 5.78. The largest absolute Gasteiger partial charge is 0.416 e. The van der Waals surface area contributed by atoms with E-state index in [1.165, 1.54) is 0 Å². The van der Waals surface area contributed by atoms with Crippen molar-refractivity contribution in [2.75, 3.05) is 44.4 Å². The van der Waals surface area contributed by atoms with E-state index in [0.29, 0.717) is 13.1 Å². The molecule has 0 bridgehead atoms. The first-order valence-electron chi connectivity index (χ1n) is 7.04. The fraction of sp³-hybridized carbons (Fsp3) is 0.643. The van der Waals surface area contributed by atoms with Crippen LogP contribution in [0, 0.1) is 0 Å². The number of aromatic nitrogens is 1. The number of alkyl halides is 3. The molecule has 0 aliphatic heterocycles. The van der Waals surface area contributed by atoms with Gasteiger partial charge in [-0.15, -0.1) is 0 Å². The zero-order valence-electron chi connectivity index (χ0n) is 12.7. The number of nitrogens with zero attached hydrogens (tertiary/aromatic N) is 2. The normalized spacial score (nSPS) is 11.8. The van der Waals surface area contributed by atoms with Crippen molar-refractivity contribution in [1.29, 1.82) is 0 Å². The number of anilines is 2. The Hall–Kier alpha value is -1.50. The van der Waals surface area contributed by atoms with Crippen molar-refractivity contribution in [3.63, 3.8) is 0 Å². The van der Waals surface area contributed by atoms with Crippen LogP contribution in [0.5, 0.6) is 0 Å². The lowest BCUT2D eigenvalue weighted by molar-refractivity contribution is -0.137. The van der Waals surface area contributed by atoms with E-state index in [2.05, 4.69) is 20.5 Å². The van der Waals surface area contributed by atoms with Gasteiger partial charge in [0, 0.05) is 13.1 Å². The number of hydrogen-bond acceptors (Lipinski definition) is 4. The minimum Gasteiger partial charge on any atom is -0.370 e. The van der Waals surface area contributed by atoms with Crippen LogP contribution in [0.2, 0.25) is 0 Å². The smallest absolute Gasteiger partial charge is 0.370 e. The first-order chi connectivity index (χ1) is 9.82. The van der Waals surface area contributed by atoms with Crippen LogP contribution >= 0.6 is 0 Å². The molecule has 0 atom stereocenters. The van der Waals surface area contributed by atoms with E-state index in [9.17, 15) is 13.2 Å². The Morgan fingerprint density at radius 3 is 2.24 bits per heavy atom. The summed E-state index contributed by atoms with van der Waals surface area (Å²) >= 11 is 0. The van der Waals surface area contributed by atoms with Gasteiger partial charge in [-0.25, -0.2) is 4.98 Å². The number of halogens is 3. The molecule has 0 spiro atoms. The molecule has 120 valence electrons. The summed E-state index contributed by atoms with van der Waals surface area (Å²) in [5.74, 6) is 0.494. The van der Waals surface area contributed by atoms with Crippen molar-refractivity contribution in [1.82, 2.24) is 9.88 Å². The monoisotopic (exact) mass is 304 g/mol. The highest BCUT2D eigenvalue weighted by atomic mass is 19.4. The lowest BCUT2D eigenvalue weighted by atomic mass is 10.2. The second-order valence-electron chi connectivity index (χ2n) is 5.09. The fourth-order valence-electron chi connectivity index (χ4n) is 1.83. The Kier molecular flexibility index (Phi) is 6.74. The Morgan fingerprint density at radius 1 is 1.10 bits per heavy atom. The van der Waals surface area contributed by atoms with Gasteiger partial charge in [-0.3, -0.25) is 0 Å². The summed E-state index contributed by atoms with van der Waals surface area (Å²) in [6.07, 6.45) is -2.50. The predicted octanol–water partition coefficient (Wildman–Crippen LogP) is 3.29. The molecule has 1 rings (SSSR count). The number of nitrogens with one attached hydrogen (secondary N) is 2. The summed E-state index contributed by atoms with van der Waals surface area (Å²) in [6, 6.07) is 2.08. The van der Waals surface area contributed by atoms with E-state index in [0.717, 1.165) is 31.5 Å². The number of unbranched alkanes of at least 4 members (excludes halogenated alkanes) is 1. The van der Waals surface area contributed by atoms with Crippen molar-refractivity contribution >= 4 is 11.6 Å². The molecule has 0 radical (unpaired) electrons. The first kappa shape index (κ1) is 17.6. The molecule has 0 saturated carbocycles. The number of rotatable bonds is 8. The van der Waals surface area contributed by atoms with Gasteiger partial charge in [0.05, 0.1) is 5.56 Å². The van der Waals surface area contributed by atoms with Gasteiger partial charge in [-0.1, -0.05) is 0 Å². The Balaban J connectivity index is 2.65. The van der Waals surface area contributed by atoms with Crippen LogP contribution in [0.1, 0.15) is 25.3 Å². The third kappa shape index (κ3) is 6.66. The number of hydrogen-bond donors (Lipinski definition) is 2. The molecule has 1 aromatic rings. The molecule has 0 saturated heterocycles. The maximum Gasteiger partial charge on any atom is 0.416 e. The van der Waals surface area contributed by atoms with E-state index >= 15 is 0 Å². The second kappa shape index (κ2) is 8.07. The van der Waals surface area contributed by atoms with Crippen LogP contribution in [0.4, 0.5) is 24.8 Å². The highest BCUT2D eigenvalue weighted by Crippen LogP contribution is 2.32. The molecular formula is C14H23F3N4. The molecule has 0 amide bonds. The summed E-state index contributed by atoms with van der Waals surface area (Å²) in [4.78, 5) is 6.21. The van der Waals surface area contributed by atoms with Gasteiger partial charge in [0.25, 0.3) is 0 Å². The standard InChI is InChI=1S/C14H23F3N4/c1-4-18-12-9-11(14(15,16)17)10-13(20-12)19-7-5-6-8-21(2)3/h9-10H,4-8H2,1-3H3,(H2,18,19,20). The highest BCUT2D eigenvalue weighted by Gasteiger charge is 2.31. The minimum atomic E-state index is -4.37. The molecule has 0 aliphatic carbocycles. The molecule has 7 heteroatoms. The fourth-order valence-corrected chi connectivity index (χ4v) is 1.83. The molecular weight excluding hydrogens is 281 g/mol. The summed E-state index contributed by atoms with van der Waals surface area (Å²) in [6.45, 7) is 3.90. The molecule has 2 N–H and O–H groups in total. The zero-order chi connectivity index (χ0) is 15.9. The predicted molar refractivity (Wildman–Crippen MR) is 79.7 cm³/mol. The molecule has 1 aromatic heterocycles. The van der Waals surface area contributed by atoms with Gasteiger partial charge in [-0.05, 0) is 52.5 Å². The molecule has 21 heavy (non-hydrogen) atoms. The third-order valence-corrected chi connectivity index (χ3v) is 2.85. The van der Waals surface area contributed by atoms with E-state index in [-0.39, 0.29) is 11.6 Å². The number of pyridine rings is 1. The molecule has 0 aliphatic rings. The molecule has 1 heterocycles. The van der Waals surface area contributed by atoms with Crippen molar-refractivity contribution in [2.24, 2.45) is 0 Å². The van der Waals surface area contributed by atoms with Crippen molar-refractivity contribution in [2.45, 2.75) is 25.9 Å². The first-order valence-corrected chi connectivity index (χ1v) is 7.04.